The van der Waals surface area contributed by atoms with E-state index in [9.17, 15) is 14.7 Å². The largest absolute Gasteiger partial charge is 0.462 e. The molecule has 0 radical (unpaired) electrons. The van der Waals surface area contributed by atoms with Crippen LogP contribution in [0.4, 0.5) is 0 Å². The lowest BCUT2D eigenvalue weighted by molar-refractivity contribution is -0.161. The minimum Gasteiger partial charge on any atom is -0.462 e. The number of ketones is 1. The number of carbonyl (C=O) groups is 2. The van der Waals surface area contributed by atoms with E-state index in [1.807, 2.05) is 0 Å². The number of unbranched alkanes of at least 4 members (excludes halogenated alkanes) is 6. The molecular formula is C28H42O4. The fourth-order valence-corrected chi connectivity index (χ4v) is 7.43. The summed E-state index contributed by atoms with van der Waals surface area (Å²) in [5.74, 6) is 1.06. The quantitative estimate of drug-likeness (QED) is 0.348. The second-order valence-corrected chi connectivity index (χ2v) is 11.1. The van der Waals surface area contributed by atoms with Gasteiger partial charge in [0.2, 0.25) is 0 Å². The lowest BCUT2D eigenvalue weighted by Crippen LogP contribution is -2.54. The molecule has 1 N–H and O–H groups in total. The van der Waals surface area contributed by atoms with Crippen LogP contribution in [0.15, 0.2) is 23.8 Å². The molecule has 32 heavy (non-hydrogen) atoms. The van der Waals surface area contributed by atoms with Crippen LogP contribution < -0.4 is 0 Å². The summed E-state index contributed by atoms with van der Waals surface area (Å²) < 4.78 is 6.08. The third-order valence-corrected chi connectivity index (χ3v) is 9.25. The van der Waals surface area contributed by atoms with Crippen molar-refractivity contribution >= 4 is 11.8 Å². The van der Waals surface area contributed by atoms with Crippen LogP contribution in [0.2, 0.25) is 0 Å². The van der Waals surface area contributed by atoms with Crippen molar-refractivity contribution in [1.82, 2.24) is 0 Å². The van der Waals surface area contributed by atoms with Gasteiger partial charge < -0.3 is 9.84 Å². The molecule has 6 atom stereocenters. The summed E-state index contributed by atoms with van der Waals surface area (Å²) >= 11 is 0. The zero-order valence-electron chi connectivity index (χ0n) is 20.1. The van der Waals surface area contributed by atoms with Crippen molar-refractivity contribution in [1.29, 1.82) is 0 Å². The van der Waals surface area contributed by atoms with Crippen LogP contribution in [0.25, 0.3) is 0 Å². The molecule has 4 rings (SSSR count). The van der Waals surface area contributed by atoms with Crippen molar-refractivity contribution < 1.29 is 19.4 Å². The highest BCUT2D eigenvalue weighted by Gasteiger charge is 2.60. The van der Waals surface area contributed by atoms with Gasteiger partial charge in [0.15, 0.2) is 5.78 Å². The zero-order valence-corrected chi connectivity index (χ0v) is 20.1. The Labute approximate surface area is 193 Å². The Balaban J connectivity index is 1.31. The average molecular weight is 443 g/mol. The summed E-state index contributed by atoms with van der Waals surface area (Å²) in [6.07, 6.45) is 19.7. The summed E-state index contributed by atoms with van der Waals surface area (Å²) in [6.45, 7) is 4.55. The van der Waals surface area contributed by atoms with E-state index < -0.39 is 5.60 Å². The molecule has 4 aliphatic carbocycles. The molecule has 0 aromatic heterocycles. The number of aliphatic hydroxyl groups is 1. The Hall–Kier alpha value is -1.42. The third kappa shape index (κ3) is 4.49. The lowest BCUT2D eigenvalue weighted by atomic mass is 9.51. The molecule has 4 nitrogen and oxygen atoms in total. The maximum Gasteiger partial charge on any atom is 0.306 e. The fourth-order valence-electron chi connectivity index (χ4n) is 7.43. The smallest absolute Gasteiger partial charge is 0.306 e. The molecule has 0 amide bonds. The average Bonchev–Trinajstić information content (AvgIpc) is 3.10. The molecule has 0 heterocycles. The summed E-state index contributed by atoms with van der Waals surface area (Å²) in [4.78, 5) is 24.4. The van der Waals surface area contributed by atoms with Crippen LogP contribution in [0.3, 0.4) is 0 Å². The molecule has 0 aromatic carbocycles. The van der Waals surface area contributed by atoms with Gasteiger partial charge in [-0.3, -0.25) is 9.59 Å². The molecule has 4 aliphatic rings. The van der Waals surface area contributed by atoms with Gasteiger partial charge in [0, 0.05) is 11.8 Å². The van der Waals surface area contributed by atoms with E-state index in [-0.39, 0.29) is 29.2 Å². The summed E-state index contributed by atoms with van der Waals surface area (Å²) in [6, 6.07) is 0. The van der Waals surface area contributed by atoms with Crippen molar-refractivity contribution in [3.05, 3.63) is 23.8 Å². The standard InChI is InChI=1S/C28H42O4/c1-3-4-5-6-7-8-9-10-26(30)32-25-14-13-23-22-12-11-20-19-21(29)15-18-28(20,31)24(22)16-17-27(23,25)2/h15,18-19,22-25,31H,3-14,16-17H2,1-2H3. The molecule has 4 heteroatoms. The number of allylic oxidation sites excluding steroid dienone is 2. The predicted octanol–water partition coefficient (Wildman–Crippen LogP) is 6.07. The number of carbonyl (C=O) groups excluding carboxylic acids is 2. The molecule has 0 aliphatic heterocycles. The number of fused-ring (bicyclic) bond motifs is 5. The van der Waals surface area contributed by atoms with E-state index in [1.165, 1.54) is 32.1 Å². The van der Waals surface area contributed by atoms with Crippen LogP contribution in [0.5, 0.6) is 0 Å². The fraction of sp³-hybridized carbons (Fsp3) is 0.786. The van der Waals surface area contributed by atoms with Gasteiger partial charge in [-0.25, -0.2) is 0 Å². The first kappa shape index (κ1) is 23.7. The molecule has 0 bridgehead atoms. The Bertz CT molecular complexity index is 767. The Kier molecular flexibility index (Phi) is 7.29. The maximum atomic E-state index is 12.6. The van der Waals surface area contributed by atoms with E-state index >= 15 is 0 Å². The normalized spacial score (nSPS) is 38.0. The topological polar surface area (TPSA) is 63.6 Å². The van der Waals surface area contributed by atoms with Gasteiger partial charge in [-0.1, -0.05) is 52.4 Å². The highest BCUT2D eigenvalue weighted by atomic mass is 16.5. The van der Waals surface area contributed by atoms with Crippen LogP contribution in [-0.4, -0.2) is 28.6 Å². The third-order valence-electron chi connectivity index (χ3n) is 9.25. The number of ether oxygens (including phenoxy) is 1. The molecule has 0 saturated heterocycles. The predicted molar refractivity (Wildman–Crippen MR) is 126 cm³/mol. The van der Waals surface area contributed by atoms with Crippen molar-refractivity contribution in [2.45, 2.75) is 115 Å². The van der Waals surface area contributed by atoms with Gasteiger partial charge >= 0.3 is 5.97 Å². The molecule has 0 aromatic rings. The minimum absolute atomic E-state index is 0.00225. The van der Waals surface area contributed by atoms with Crippen LogP contribution in [0, 0.1) is 23.2 Å². The van der Waals surface area contributed by atoms with E-state index in [1.54, 1.807) is 18.2 Å². The van der Waals surface area contributed by atoms with Gasteiger partial charge in [0.25, 0.3) is 0 Å². The van der Waals surface area contributed by atoms with Crippen molar-refractivity contribution in [2.24, 2.45) is 23.2 Å². The number of rotatable bonds is 9. The zero-order chi connectivity index (χ0) is 22.8. The number of hydrogen-bond donors (Lipinski definition) is 1. The highest BCUT2D eigenvalue weighted by Crippen LogP contribution is 2.62. The Morgan fingerprint density at radius 1 is 1.06 bits per heavy atom. The van der Waals surface area contributed by atoms with Gasteiger partial charge in [-0.15, -0.1) is 0 Å². The van der Waals surface area contributed by atoms with Crippen molar-refractivity contribution in [3.63, 3.8) is 0 Å². The van der Waals surface area contributed by atoms with E-state index in [4.69, 9.17) is 4.74 Å². The maximum absolute atomic E-state index is 12.6. The second kappa shape index (κ2) is 9.83. The highest BCUT2D eigenvalue weighted by molar-refractivity contribution is 6.01. The van der Waals surface area contributed by atoms with Gasteiger partial charge in [-0.05, 0) is 86.5 Å². The number of hydrogen-bond acceptors (Lipinski definition) is 4. The molecule has 3 saturated carbocycles. The van der Waals surface area contributed by atoms with Crippen LogP contribution >= 0.6 is 0 Å². The first-order valence-electron chi connectivity index (χ1n) is 13.2. The lowest BCUT2D eigenvalue weighted by Gasteiger charge is -2.55. The molecule has 3 fully saturated rings. The van der Waals surface area contributed by atoms with Crippen LogP contribution in [0.1, 0.15) is 104 Å². The van der Waals surface area contributed by atoms with Crippen molar-refractivity contribution in [3.8, 4) is 0 Å². The second-order valence-electron chi connectivity index (χ2n) is 11.1. The Morgan fingerprint density at radius 3 is 2.59 bits per heavy atom. The van der Waals surface area contributed by atoms with Crippen LogP contribution in [-0.2, 0) is 14.3 Å². The van der Waals surface area contributed by atoms with Gasteiger partial charge in [0.1, 0.15) is 11.7 Å². The first-order valence-corrected chi connectivity index (χ1v) is 13.2. The summed E-state index contributed by atoms with van der Waals surface area (Å²) in [5.41, 5.74) is -0.0298. The van der Waals surface area contributed by atoms with E-state index in [0.717, 1.165) is 56.9 Å². The molecule has 6 unspecified atom stereocenters. The van der Waals surface area contributed by atoms with E-state index in [2.05, 4.69) is 13.8 Å². The number of esters is 1. The first-order chi connectivity index (χ1) is 15.4. The minimum atomic E-state index is -0.954. The Morgan fingerprint density at radius 2 is 1.81 bits per heavy atom. The van der Waals surface area contributed by atoms with Gasteiger partial charge in [-0.2, -0.15) is 0 Å². The molecule has 178 valence electrons. The monoisotopic (exact) mass is 442 g/mol. The van der Waals surface area contributed by atoms with E-state index in [0.29, 0.717) is 18.3 Å². The SMILES string of the molecule is CCCCCCCCCC(=O)OC1CCC2C3CCC4=CC(=O)C=CC4(O)C3CCC12C. The summed E-state index contributed by atoms with van der Waals surface area (Å²) in [5, 5.41) is 11.5. The summed E-state index contributed by atoms with van der Waals surface area (Å²) in [7, 11) is 0. The van der Waals surface area contributed by atoms with Gasteiger partial charge in [0.05, 0.1) is 0 Å². The molecule has 0 spiro atoms. The van der Waals surface area contributed by atoms with Crippen molar-refractivity contribution in [2.75, 3.05) is 0 Å². The molecular weight excluding hydrogens is 400 g/mol.